The minimum absolute atomic E-state index is 0.0838. The van der Waals surface area contributed by atoms with E-state index in [0.717, 1.165) is 42.9 Å². The van der Waals surface area contributed by atoms with Crippen LogP contribution in [0.15, 0.2) is 24.3 Å². The third-order valence-corrected chi connectivity index (χ3v) is 5.32. The lowest BCUT2D eigenvalue weighted by atomic mass is 10.0. The molecular weight excluding hydrogens is 314 g/mol. The molecule has 0 spiro atoms. The molecule has 1 atom stereocenters. The largest absolute Gasteiger partial charge is 0.337 e. The van der Waals surface area contributed by atoms with Crippen LogP contribution < -0.4 is 0 Å². The third kappa shape index (κ3) is 3.44. The molecule has 132 valence electrons. The number of carbonyl (C=O) groups excluding carboxylic acids is 1. The van der Waals surface area contributed by atoms with Gasteiger partial charge < -0.3 is 9.80 Å². The van der Waals surface area contributed by atoms with Crippen LogP contribution in [0.25, 0.3) is 11.4 Å². The minimum Gasteiger partial charge on any atom is -0.337 e. The number of rotatable bonds is 4. The van der Waals surface area contributed by atoms with E-state index in [1.807, 2.05) is 36.2 Å². The molecule has 1 saturated heterocycles. The Morgan fingerprint density at radius 2 is 2.00 bits per heavy atom. The summed E-state index contributed by atoms with van der Waals surface area (Å²) < 4.78 is 0. The van der Waals surface area contributed by atoms with Gasteiger partial charge in [0.2, 0.25) is 0 Å². The molecule has 2 heterocycles. The van der Waals surface area contributed by atoms with Crippen LogP contribution in [0.1, 0.15) is 47.8 Å². The Balaban J connectivity index is 1.46. The molecule has 0 bridgehead atoms. The van der Waals surface area contributed by atoms with Gasteiger partial charge in [0, 0.05) is 36.7 Å². The fraction of sp³-hybridized carbons (Fsp3) is 0.526. The van der Waals surface area contributed by atoms with Crippen molar-refractivity contribution < 1.29 is 4.79 Å². The second-order valence-electron chi connectivity index (χ2n) is 7.37. The molecule has 6 nitrogen and oxygen atoms in total. The second kappa shape index (κ2) is 6.59. The number of hydrogen-bond donors (Lipinski definition) is 1. The van der Waals surface area contributed by atoms with Gasteiger partial charge in [-0.25, -0.2) is 4.98 Å². The summed E-state index contributed by atoms with van der Waals surface area (Å²) >= 11 is 0. The first-order chi connectivity index (χ1) is 12.1. The average molecular weight is 339 g/mol. The number of aromatic amines is 1. The van der Waals surface area contributed by atoms with Crippen LogP contribution in [0.5, 0.6) is 0 Å². The van der Waals surface area contributed by atoms with E-state index in [-0.39, 0.29) is 5.91 Å². The van der Waals surface area contributed by atoms with E-state index in [1.165, 1.54) is 12.8 Å². The Morgan fingerprint density at radius 3 is 2.68 bits per heavy atom. The quantitative estimate of drug-likeness (QED) is 0.929. The highest BCUT2D eigenvalue weighted by Gasteiger charge is 2.27. The molecule has 1 amide bonds. The highest BCUT2D eigenvalue weighted by molar-refractivity contribution is 5.94. The first-order valence-corrected chi connectivity index (χ1v) is 9.10. The van der Waals surface area contributed by atoms with Crippen molar-refractivity contribution in [2.45, 2.75) is 37.6 Å². The van der Waals surface area contributed by atoms with Crippen molar-refractivity contribution in [3.63, 3.8) is 0 Å². The lowest BCUT2D eigenvalue weighted by molar-refractivity contribution is 0.0644. The van der Waals surface area contributed by atoms with Crippen LogP contribution >= 0.6 is 0 Å². The normalized spacial score (nSPS) is 21.3. The Kier molecular flexibility index (Phi) is 4.29. The van der Waals surface area contributed by atoms with Gasteiger partial charge in [0.05, 0.1) is 0 Å². The molecule has 1 N–H and O–H groups in total. The highest BCUT2D eigenvalue weighted by Crippen LogP contribution is 2.38. The number of piperidine rings is 1. The summed E-state index contributed by atoms with van der Waals surface area (Å²) in [7, 11) is 4.03. The molecule has 4 rings (SSSR count). The maximum Gasteiger partial charge on any atom is 0.253 e. The van der Waals surface area contributed by atoms with Gasteiger partial charge in [-0.15, -0.1) is 0 Å². The first kappa shape index (κ1) is 16.3. The van der Waals surface area contributed by atoms with E-state index in [9.17, 15) is 4.79 Å². The molecule has 1 aromatic carbocycles. The van der Waals surface area contributed by atoms with Gasteiger partial charge in [0.25, 0.3) is 5.91 Å². The van der Waals surface area contributed by atoms with E-state index >= 15 is 0 Å². The van der Waals surface area contributed by atoms with E-state index in [1.54, 1.807) is 0 Å². The minimum atomic E-state index is 0.0838. The molecule has 6 heteroatoms. The lowest BCUT2D eigenvalue weighted by Gasteiger charge is -2.35. The summed E-state index contributed by atoms with van der Waals surface area (Å²) in [5, 5.41) is 7.33. The number of likely N-dealkylation sites (N-methyl/N-ethyl adjacent to an activating group) is 2. The van der Waals surface area contributed by atoms with Gasteiger partial charge in [-0.05, 0) is 51.4 Å². The third-order valence-electron chi connectivity index (χ3n) is 5.32. The number of H-pyrrole nitrogens is 1. The van der Waals surface area contributed by atoms with Crippen molar-refractivity contribution in [3.8, 4) is 11.4 Å². The number of nitrogens with zero attached hydrogens (tertiary/aromatic N) is 4. The molecule has 1 saturated carbocycles. The zero-order valence-corrected chi connectivity index (χ0v) is 14.9. The average Bonchev–Trinajstić information content (AvgIpc) is 3.37. The van der Waals surface area contributed by atoms with Crippen LogP contribution in [-0.4, -0.2) is 64.1 Å². The molecule has 1 aliphatic heterocycles. The van der Waals surface area contributed by atoms with E-state index in [2.05, 4.69) is 27.1 Å². The van der Waals surface area contributed by atoms with Gasteiger partial charge in [-0.2, -0.15) is 5.10 Å². The molecule has 0 radical (unpaired) electrons. The molecule has 1 aliphatic carbocycles. The molecule has 2 fully saturated rings. The number of hydrogen-bond acceptors (Lipinski definition) is 4. The fourth-order valence-corrected chi connectivity index (χ4v) is 3.53. The number of amides is 1. The van der Waals surface area contributed by atoms with Crippen LogP contribution in [0.3, 0.4) is 0 Å². The van der Waals surface area contributed by atoms with E-state index < -0.39 is 0 Å². The highest BCUT2D eigenvalue weighted by atomic mass is 16.2. The molecule has 0 unspecified atom stereocenters. The van der Waals surface area contributed by atoms with Crippen LogP contribution in [0, 0.1) is 0 Å². The number of benzene rings is 1. The van der Waals surface area contributed by atoms with Gasteiger partial charge in [0.15, 0.2) is 5.82 Å². The van der Waals surface area contributed by atoms with Crippen molar-refractivity contribution >= 4 is 5.91 Å². The SMILES string of the molecule is CN1CCC[C@@H](N(C)C(=O)c2ccc(-c3n[nH]c(C4CC4)n3)cc2)C1. The Bertz CT molecular complexity index is 749. The summed E-state index contributed by atoms with van der Waals surface area (Å²) in [5.41, 5.74) is 1.66. The Hall–Kier alpha value is -2.21. The van der Waals surface area contributed by atoms with E-state index in [0.29, 0.717) is 17.8 Å². The maximum absolute atomic E-state index is 12.8. The van der Waals surface area contributed by atoms with Gasteiger partial charge in [0.1, 0.15) is 5.82 Å². The molecule has 25 heavy (non-hydrogen) atoms. The van der Waals surface area contributed by atoms with E-state index in [4.69, 9.17) is 0 Å². The van der Waals surface area contributed by atoms with Crippen molar-refractivity contribution in [1.29, 1.82) is 0 Å². The summed E-state index contributed by atoms with van der Waals surface area (Å²) in [4.78, 5) is 21.5. The second-order valence-corrected chi connectivity index (χ2v) is 7.37. The van der Waals surface area contributed by atoms with Gasteiger partial charge in [-0.3, -0.25) is 9.89 Å². The van der Waals surface area contributed by atoms with Gasteiger partial charge in [-0.1, -0.05) is 12.1 Å². The molecule has 1 aromatic heterocycles. The van der Waals surface area contributed by atoms with Crippen molar-refractivity contribution in [2.75, 3.05) is 27.2 Å². The van der Waals surface area contributed by atoms with Crippen LogP contribution in [0.4, 0.5) is 0 Å². The summed E-state index contributed by atoms with van der Waals surface area (Å²) in [6.45, 7) is 2.06. The van der Waals surface area contributed by atoms with Crippen molar-refractivity contribution in [1.82, 2.24) is 25.0 Å². The predicted octanol–water partition coefficient (Wildman–Crippen LogP) is 2.52. The molecule has 2 aromatic rings. The standard InChI is InChI=1S/C19H25N5O/c1-23-11-3-4-16(12-23)24(2)19(25)15-9-7-14(8-10-15)18-20-17(21-22-18)13-5-6-13/h7-10,13,16H,3-6,11-12H2,1-2H3,(H,20,21,22)/t16-/m1/s1. The Morgan fingerprint density at radius 1 is 1.24 bits per heavy atom. The fourth-order valence-electron chi connectivity index (χ4n) is 3.53. The number of carbonyl (C=O) groups is 1. The molecule has 2 aliphatic rings. The monoisotopic (exact) mass is 339 g/mol. The maximum atomic E-state index is 12.8. The van der Waals surface area contributed by atoms with Crippen molar-refractivity contribution in [2.24, 2.45) is 0 Å². The van der Waals surface area contributed by atoms with Crippen LogP contribution in [0.2, 0.25) is 0 Å². The van der Waals surface area contributed by atoms with Crippen molar-refractivity contribution in [3.05, 3.63) is 35.7 Å². The van der Waals surface area contributed by atoms with Crippen LogP contribution in [-0.2, 0) is 0 Å². The van der Waals surface area contributed by atoms with Gasteiger partial charge >= 0.3 is 0 Å². The Labute approximate surface area is 148 Å². The summed E-state index contributed by atoms with van der Waals surface area (Å²) in [6.07, 6.45) is 4.62. The predicted molar refractivity (Wildman–Crippen MR) is 96.4 cm³/mol. The number of likely N-dealkylation sites (tertiary alicyclic amines) is 1. The smallest absolute Gasteiger partial charge is 0.253 e. The number of nitrogens with one attached hydrogen (secondary N) is 1. The zero-order chi connectivity index (χ0) is 17.4. The summed E-state index contributed by atoms with van der Waals surface area (Å²) in [6, 6.07) is 7.93. The zero-order valence-electron chi connectivity index (χ0n) is 14.9. The number of aromatic nitrogens is 3. The molecular formula is C19H25N5O. The first-order valence-electron chi connectivity index (χ1n) is 9.10. The topological polar surface area (TPSA) is 65.1 Å². The lowest BCUT2D eigenvalue weighted by Crippen LogP contribution is -2.47. The summed E-state index contributed by atoms with van der Waals surface area (Å²) in [5.74, 6) is 2.34.